The minimum absolute atomic E-state index is 0.107. The molecular weight excluding hydrogens is 2360 g/mol. The molecule has 1 aliphatic rings. The molecular formula is C55H68I9N9O27. The molecule has 1 fully saturated rings. The number of nitrogens with zero attached hydrogens (tertiary/aromatic N) is 4. The molecule has 1 heterocycles. The predicted octanol–water partition coefficient (Wildman–Crippen LogP) is -5.50. The number of halogens is 9. The normalized spacial score (nSPS) is 18.8. The first-order valence-electron chi connectivity index (χ1n) is 28.6. The van der Waals surface area contributed by atoms with Gasteiger partial charge in [-0.1, -0.05) is 0 Å². The van der Waals surface area contributed by atoms with Crippen LogP contribution >= 0.6 is 203 Å². The number of piperidine rings is 1. The Labute approximate surface area is 690 Å². The lowest BCUT2D eigenvalue weighted by molar-refractivity contribution is -0.149. The molecule has 14 atom stereocenters. The van der Waals surface area contributed by atoms with Crippen molar-refractivity contribution in [3.8, 4) is 0 Å². The third-order valence-electron chi connectivity index (χ3n) is 15.0. The number of hydrogen-bond acceptors (Lipinski definition) is 27. The van der Waals surface area contributed by atoms with E-state index < -0.39 is 239 Å². The van der Waals surface area contributed by atoms with E-state index in [0.717, 1.165) is 14.7 Å². The second-order valence-corrected chi connectivity index (χ2v) is 31.8. The van der Waals surface area contributed by atoms with Crippen molar-refractivity contribution < 1.29 is 135 Å². The van der Waals surface area contributed by atoms with Crippen LogP contribution in [0.25, 0.3) is 0 Å². The van der Waals surface area contributed by atoms with Crippen LogP contribution in [0.3, 0.4) is 0 Å². The van der Waals surface area contributed by atoms with Crippen LogP contribution in [0.15, 0.2) is 0 Å². The lowest BCUT2D eigenvalue weighted by Gasteiger charge is -2.49. The number of benzene rings is 3. The van der Waals surface area contributed by atoms with E-state index in [0.29, 0.717) is 4.90 Å². The monoisotopic (exact) mass is 2430 g/mol. The number of aliphatic hydroxyl groups excluding tert-OH is 18. The van der Waals surface area contributed by atoms with E-state index in [1.54, 1.807) is 203 Å². The number of anilines is 3. The molecule has 0 spiro atoms. The standard InChI is InChI=1S/C55H68I9N9O27/c1-70(6-15(80)9-74)52(97)25-29(56)23(32(59)38(34(25)61)67-49(94)43(88)20(83)12-77)47(92)65-4-18-41(86)46(91)42(87)19(5-66-48(93)24-30(57)26(53(98)71(2)7-16(81)10-75)35(62)39(33(24)60)68-50(95)44(89)21(84)13-78)73(18)55(100)28-31(58)27(54(99)72(3)8-17(82)11-76)36(63)40(37(28)64)69-51(96)45(90)22(85)14-79/h15-22,41-46,74-91H,4-14H2,1-3H3,(H,65,92)(H,66,93)(H,67,94)(H,68,95)(H,69,96)/t15?,16?,17?,18-,19+,20?,21?,22?,41-,42?,43?,44?,45?,46?/m0/s1. The average Bonchev–Trinajstić information content (AvgIpc) is 0.752. The summed E-state index contributed by atoms with van der Waals surface area (Å²) in [6.07, 6.45) is -24.9. The smallest absolute Gasteiger partial charge is 0.256 e. The fourth-order valence-electron chi connectivity index (χ4n) is 9.50. The second kappa shape index (κ2) is 40.8. The summed E-state index contributed by atoms with van der Waals surface area (Å²) >= 11 is 14.3. The Balaban J connectivity index is 2.16. The minimum atomic E-state index is -2.38. The lowest BCUT2D eigenvalue weighted by Crippen LogP contribution is -2.71. The maximum atomic E-state index is 16.3. The van der Waals surface area contributed by atoms with E-state index >= 15 is 14.4 Å². The highest BCUT2D eigenvalue weighted by Gasteiger charge is 2.51. The van der Waals surface area contributed by atoms with Crippen LogP contribution in [0.2, 0.25) is 0 Å². The van der Waals surface area contributed by atoms with E-state index in [4.69, 9.17) is 0 Å². The van der Waals surface area contributed by atoms with E-state index in [1.807, 2.05) is 0 Å². The molecule has 3 aromatic carbocycles. The zero-order valence-electron chi connectivity index (χ0n) is 51.8. The molecule has 0 aliphatic carbocycles. The van der Waals surface area contributed by atoms with Gasteiger partial charge in [-0.05, 0) is 203 Å². The Morgan fingerprint density at radius 2 is 0.610 bits per heavy atom. The average molecular weight is 2430 g/mol. The zero-order valence-corrected chi connectivity index (χ0v) is 71.2. The number of carbonyl (C=O) groups excluding carboxylic acids is 9. The molecule has 0 saturated carbocycles. The summed E-state index contributed by atoms with van der Waals surface area (Å²) in [4.78, 5) is 134. The second-order valence-electron chi connectivity index (χ2n) is 22.1. The molecule has 0 bridgehead atoms. The highest BCUT2D eigenvalue weighted by Crippen LogP contribution is 2.42. The van der Waals surface area contributed by atoms with Gasteiger partial charge in [0.2, 0.25) is 0 Å². The highest BCUT2D eigenvalue weighted by molar-refractivity contribution is 14.1. The first kappa shape index (κ1) is 91.1. The van der Waals surface area contributed by atoms with Gasteiger partial charge in [-0.2, -0.15) is 0 Å². The summed E-state index contributed by atoms with van der Waals surface area (Å²) in [5.74, 6) is -10.8. The molecule has 0 radical (unpaired) electrons. The third-order valence-corrected chi connectivity index (χ3v) is 24.7. The van der Waals surface area contributed by atoms with Gasteiger partial charge in [-0.25, -0.2) is 0 Å². The Bertz CT molecular complexity index is 3420. The molecule has 9 amide bonds. The SMILES string of the molecule is CN(CC(O)CO)C(=O)c1c(I)c(NC(=O)C(O)C(O)CO)c(I)c(C(=O)NC[C@@H]2C(O)C(O)[C@@H](O)[C@H](CNC(=O)c3c(I)c(NC(=O)C(O)C(O)CO)c(I)c(C(=O)N(C)CC(O)CO)c3I)N2C(=O)c2c(I)c(NC(=O)C(O)C(O)CO)c(I)c(C(=O)N(C)CC(O)CO)c2I)c1I. The number of carbonyl (C=O) groups is 9. The Hall–Kier alpha value is -1.26. The third kappa shape index (κ3) is 21.2. The summed E-state index contributed by atoms with van der Waals surface area (Å²) < 4.78 is -1.82. The van der Waals surface area contributed by atoms with Gasteiger partial charge in [0.1, 0.15) is 36.6 Å². The number of hydrogen-bond donors (Lipinski definition) is 23. The van der Waals surface area contributed by atoms with Gasteiger partial charge in [0.05, 0.1) is 142 Å². The Morgan fingerprint density at radius 1 is 0.370 bits per heavy atom. The summed E-state index contributed by atoms with van der Waals surface area (Å²) in [5.41, 5.74) is -3.89. The first-order chi connectivity index (χ1) is 46.6. The molecule has 558 valence electrons. The van der Waals surface area contributed by atoms with Crippen LogP contribution in [0.5, 0.6) is 0 Å². The Morgan fingerprint density at radius 3 is 0.860 bits per heavy atom. The molecule has 3 aromatic rings. The van der Waals surface area contributed by atoms with Gasteiger partial charge in [0, 0.05) is 64.6 Å². The van der Waals surface area contributed by atoms with Crippen molar-refractivity contribution >= 4 is 274 Å². The van der Waals surface area contributed by atoms with Crippen molar-refractivity contribution in [3.63, 3.8) is 0 Å². The van der Waals surface area contributed by atoms with Gasteiger partial charge in [0.15, 0.2) is 18.3 Å². The van der Waals surface area contributed by atoms with E-state index in [2.05, 4.69) is 26.6 Å². The van der Waals surface area contributed by atoms with Gasteiger partial charge < -0.3 is 138 Å². The highest BCUT2D eigenvalue weighted by atomic mass is 127. The summed E-state index contributed by atoms with van der Waals surface area (Å²) in [5, 5.41) is 200. The largest absolute Gasteiger partial charge is 0.394 e. The fraction of sp³-hybridized carbons (Fsp3) is 0.509. The fourth-order valence-corrected chi connectivity index (χ4v) is 22.6. The number of likely N-dealkylation sites (N-methyl/N-ethyl adjacent to an activating group) is 3. The molecule has 11 unspecified atom stereocenters. The maximum Gasteiger partial charge on any atom is 0.256 e. The molecule has 100 heavy (non-hydrogen) atoms. The van der Waals surface area contributed by atoms with Gasteiger partial charge in [-0.15, -0.1) is 0 Å². The van der Waals surface area contributed by atoms with E-state index in [1.165, 1.54) is 21.1 Å². The molecule has 36 nitrogen and oxygen atoms in total. The Kier molecular flexibility index (Phi) is 37.2. The molecule has 4 rings (SSSR count). The number of rotatable bonds is 31. The molecule has 1 saturated heterocycles. The van der Waals surface area contributed by atoms with Crippen molar-refractivity contribution in [2.75, 3.05) is 109 Å². The number of aliphatic hydroxyl groups is 18. The van der Waals surface area contributed by atoms with Crippen LogP contribution in [-0.4, -0.2) is 344 Å². The van der Waals surface area contributed by atoms with Crippen LogP contribution < -0.4 is 26.6 Å². The number of nitrogens with one attached hydrogen (secondary N) is 5. The van der Waals surface area contributed by atoms with Crippen molar-refractivity contribution in [3.05, 3.63) is 65.5 Å². The topological polar surface area (TPSA) is 591 Å². The van der Waals surface area contributed by atoms with Crippen LogP contribution in [0, 0.1) is 32.1 Å². The van der Waals surface area contributed by atoms with Crippen molar-refractivity contribution in [2.24, 2.45) is 0 Å². The summed E-state index contributed by atoms with van der Waals surface area (Å²) in [7, 11) is 3.60. The summed E-state index contributed by atoms with van der Waals surface area (Å²) in [6.45, 7) is -9.47. The number of likely N-dealkylation sites (tertiary alicyclic amines) is 1. The molecule has 0 aromatic heterocycles. The lowest BCUT2D eigenvalue weighted by atomic mass is 9.86. The molecule has 45 heteroatoms. The molecule has 23 N–H and O–H groups in total. The zero-order chi connectivity index (χ0) is 76.3. The maximum absolute atomic E-state index is 16.3. The van der Waals surface area contributed by atoms with Crippen molar-refractivity contribution in [1.82, 2.24) is 30.2 Å². The van der Waals surface area contributed by atoms with Crippen LogP contribution in [0.1, 0.15) is 62.1 Å². The summed E-state index contributed by atoms with van der Waals surface area (Å²) in [6, 6.07) is -4.14. The van der Waals surface area contributed by atoms with Crippen LogP contribution in [0.4, 0.5) is 17.1 Å². The predicted molar refractivity (Wildman–Crippen MR) is 424 cm³/mol. The number of amides is 9. The van der Waals surface area contributed by atoms with Gasteiger partial charge in [-0.3, -0.25) is 43.2 Å². The van der Waals surface area contributed by atoms with Crippen molar-refractivity contribution in [2.45, 2.75) is 85.3 Å². The quantitative estimate of drug-likeness (QED) is 0.0267. The van der Waals surface area contributed by atoms with Crippen molar-refractivity contribution in [1.29, 1.82) is 0 Å². The van der Waals surface area contributed by atoms with E-state index in [9.17, 15) is 121 Å². The van der Waals surface area contributed by atoms with E-state index in [-0.39, 0.29) is 54.6 Å². The van der Waals surface area contributed by atoms with Gasteiger partial charge >= 0.3 is 0 Å². The van der Waals surface area contributed by atoms with Crippen LogP contribution in [-0.2, 0) is 14.4 Å². The first-order valence-corrected chi connectivity index (χ1v) is 38.3. The molecule has 1 aliphatic heterocycles. The van der Waals surface area contributed by atoms with Gasteiger partial charge in [0.25, 0.3) is 53.2 Å². The minimum Gasteiger partial charge on any atom is -0.394 e.